The molecular formula is C21H21ClN4O2S. The predicted octanol–water partition coefficient (Wildman–Crippen LogP) is 4.31. The molecule has 0 aliphatic carbocycles. The summed E-state index contributed by atoms with van der Waals surface area (Å²) in [6.45, 7) is 1.69. The fourth-order valence-electron chi connectivity index (χ4n) is 3.32. The number of methoxy groups -OCH3 is 1. The van der Waals surface area contributed by atoms with E-state index in [9.17, 15) is 4.79 Å². The van der Waals surface area contributed by atoms with E-state index in [1.165, 1.54) is 11.8 Å². The minimum Gasteiger partial charge on any atom is -0.497 e. The lowest BCUT2D eigenvalue weighted by Gasteiger charge is -2.15. The van der Waals surface area contributed by atoms with E-state index in [1.807, 2.05) is 58.0 Å². The fraction of sp³-hybridized carbons (Fsp3) is 0.286. The Morgan fingerprint density at radius 3 is 2.62 bits per heavy atom. The van der Waals surface area contributed by atoms with Gasteiger partial charge in [0.25, 0.3) is 0 Å². The van der Waals surface area contributed by atoms with Gasteiger partial charge in [-0.15, -0.1) is 10.2 Å². The lowest BCUT2D eigenvalue weighted by molar-refractivity contribution is -0.127. The second kappa shape index (κ2) is 8.88. The quantitative estimate of drug-likeness (QED) is 0.547. The van der Waals surface area contributed by atoms with E-state index in [2.05, 4.69) is 10.2 Å². The summed E-state index contributed by atoms with van der Waals surface area (Å²) in [7, 11) is 1.63. The molecule has 1 aromatic heterocycles. The SMILES string of the molecule is COc1cccc(-c2nnc(SCC(=O)N3CCCC3)n2-c2ccc(Cl)cc2)c1. The summed E-state index contributed by atoms with van der Waals surface area (Å²) in [4.78, 5) is 14.4. The van der Waals surface area contributed by atoms with Crippen LogP contribution in [0.15, 0.2) is 53.7 Å². The van der Waals surface area contributed by atoms with Crippen LogP contribution in [-0.4, -0.2) is 51.5 Å². The van der Waals surface area contributed by atoms with Crippen molar-refractivity contribution in [1.82, 2.24) is 19.7 Å². The van der Waals surface area contributed by atoms with Gasteiger partial charge in [-0.25, -0.2) is 0 Å². The van der Waals surface area contributed by atoms with Crippen molar-refractivity contribution >= 4 is 29.3 Å². The van der Waals surface area contributed by atoms with Gasteiger partial charge in [0.15, 0.2) is 11.0 Å². The number of nitrogens with zero attached hydrogens (tertiary/aromatic N) is 4. The number of ether oxygens (including phenoxy) is 1. The minimum absolute atomic E-state index is 0.140. The molecule has 3 aromatic rings. The molecule has 0 unspecified atom stereocenters. The van der Waals surface area contributed by atoms with Gasteiger partial charge >= 0.3 is 0 Å². The number of aromatic nitrogens is 3. The summed E-state index contributed by atoms with van der Waals surface area (Å²) in [5, 5.41) is 10.1. The first-order valence-corrected chi connectivity index (χ1v) is 10.8. The molecule has 1 saturated heterocycles. The predicted molar refractivity (Wildman–Crippen MR) is 115 cm³/mol. The number of hydrogen-bond acceptors (Lipinski definition) is 5. The summed E-state index contributed by atoms with van der Waals surface area (Å²) in [5.74, 6) is 1.90. The number of thioether (sulfide) groups is 1. The molecule has 0 spiro atoms. The molecule has 0 N–H and O–H groups in total. The van der Waals surface area contributed by atoms with Gasteiger partial charge in [-0.3, -0.25) is 9.36 Å². The van der Waals surface area contributed by atoms with E-state index >= 15 is 0 Å². The van der Waals surface area contributed by atoms with Crippen molar-refractivity contribution in [2.24, 2.45) is 0 Å². The first-order valence-electron chi connectivity index (χ1n) is 9.42. The third-order valence-electron chi connectivity index (χ3n) is 4.83. The van der Waals surface area contributed by atoms with Crippen molar-refractivity contribution < 1.29 is 9.53 Å². The van der Waals surface area contributed by atoms with E-state index in [0.29, 0.717) is 21.8 Å². The smallest absolute Gasteiger partial charge is 0.233 e. The van der Waals surface area contributed by atoms with Crippen molar-refractivity contribution in [3.8, 4) is 22.8 Å². The van der Waals surface area contributed by atoms with Crippen molar-refractivity contribution in [2.75, 3.05) is 26.0 Å². The van der Waals surface area contributed by atoms with E-state index in [1.54, 1.807) is 7.11 Å². The zero-order valence-electron chi connectivity index (χ0n) is 16.0. The molecule has 150 valence electrons. The first kappa shape index (κ1) is 19.8. The molecule has 1 amide bonds. The van der Waals surface area contributed by atoms with Gasteiger partial charge in [0.2, 0.25) is 5.91 Å². The Labute approximate surface area is 178 Å². The topological polar surface area (TPSA) is 60.3 Å². The summed E-state index contributed by atoms with van der Waals surface area (Å²) >= 11 is 7.47. The molecule has 0 radical (unpaired) electrons. The van der Waals surface area contributed by atoms with Crippen LogP contribution in [0.25, 0.3) is 17.1 Å². The highest BCUT2D eigenvalue weighted by Gasteiger charge is 2.21. The Morgan fingerprint density at radius 1 is 1.14 bits per heavy atom. The lowest BCUT2D eigenvalue weighted by Crippen LogP contribution is -2.29. The van der Waals surface area contributed by atoms with Crippen LogP contribution in [-0.2, 0) is 4.79 Å². The van der Waals surface area contributed by atoms with Gasteiger partial charge in [0.05, 0.1) is 12.9 Å². The highest BCUT2D eigenvalue weighted by Crippen LogP contribution is 2.30. The summed E-state index contributed by atoms with van der Waals surface area (Å²) in [6, 6.07) is 15.2. The zero-order valence-corrected chi connectivity index (χ0v) is 17.6. The van der Waals surface area contributed by atoms with Crippen LogP contribution in [0.2, 0.25) is 5.02 Å². The van der Waals surface area contributed by atoms with Crippen LogP contribution in [0.4, 0.5) is 0 Å². The van der Waals surface area contributed by atoms with Crippen LogP contribution in [0.1, 0.15) is 12.8 Å². The zero-order chi connectivity index (χ0) is 20.2. The number of halogens is 1. The number of rotatable bonds is 6. The first-order chi connectivity index (χ1) is 14.2. The Bertz CT molecular complexity index is 1000. The van der Waals surface area contributed by atoms with E-state index in [4.69, 9.17) is 16.3 Å². The number of amides is 1. The average molecular weight is 429 g/mol. The number of carbonyl (C=O) groups excluding carboxylic acids is 1. The maximum Gasteiger partial charge on any atom is 0.233 e. The molecule has 6 nitrogen and oxygen atoms in total. The molecule has 2 aromatic carbocycles. The molecule has 0 saturated carbocycles. The molecule has 1 fully saturated rings. The van der Waals surface area contributed by atoms with Crippen LogP contribution in [0, 0.1) is 0 Å². The monoisotopic (exact) mass is 428 g/mol. The molecule has 1 aliphatic rings. The molecule has 0 bridgehead atoms. The molecular weight excluding hydrogens is 408 g/mol. The Kier molecular flexibility index (Phi) is 6.06. The average Bonchev–Trinajstić information content (AvgIpc) is 3.43. The Morgan fingerprint density at radius 2 is 1.90 bits per heavy atom. The molecule has 0 atom stereocenters. The van der Waals surface area contributed by atoms with Gasteiger partial charge in [0, 0.05) is 29.4 Å². The molecule has 2 heterocycles. The summed E-state index contributed by atoms with van der Waals surface area (Å²) in [6.07, 6.45) is 2.16. The maximum absolute atomic E-state index is 12.5. The van der Waals surface area contributed by atoms with Crippen molar-refractivity contribution in [1.29, 1.82) is 0 Å². The summed E-state index contributed by atoms with van der Waals surface area (Å²) in [5.41, 5.74) is 1.76. The Hall–Kier alpha value is -2.51. The highest BCUT2D eigenvalue weighted by molar-refractivity contribution is 7.99. The van der Waals surface area contributed by atoms with E-state index in [0.717, 1.165) is 42.9 Å². The Balaban J connectivity index is 1.68. The second-order valence-electron chi connectivity index (χ2n) is 6.73. The van der Waals surface area contributed by atoms with Crippen molar-refractivity contribution in [3.05, 3.63) is 53.6 Å². The fourth-order valence-corrected chi connectivity index (χ4v) is 4.30. The largest absolute Gasteiger partial charge is 0.497 e. The normalized spacial score (nSPS) is 13.7. The van der Waals surface area contributed by atoms with Crippen molar-refractivity contribution in [2.45, 2.75) is 18.0 Å². The molecule has 29 heavy (non-hydrogen) atoms. The number of carbonyl (C=O) groups is 1. The van der Waals surface area contributed by atoms with Gasteiger partial charge in [0.1, 0.15) is 5.75 Å². The van der Waals surface area contributed by atoms with Gasteiger partial charge in [-0.2, -0.15) is 0 Å². The summed E-state index contributed by atoms with van der Waals surface area (Å²) < 4.78 is 7.30. The molecule has 8 heteroatoms. The standard InChI is InChI=1S/C21H21ClN4O2S/c1-28-18-6-4-5-15(13-18)20-23-24-21(26(20)17-9-7-16(22)8-10-17)29-14-19(27)25-11-2-3-12-25/h4-10,13H,2-3,11-12,14H2,1H3. The number of hydrogen-bond donors (Lipinski definition) is 0. The van der Waals surface area contributed by atoms with Crippen LogP contribution < -0.4 is 4.74 Å². The maximum atomic E-state index is 12.5. The van der Waals surface area contributed by atoms with Gasteiger partial charge in [-0.05, 0) is 49.2 Å². The number of benzene rings is 2. The van der Waals surface area contributed by atoms with Crippen LogP contribution in [0.5, 0.6) is 5.75 Å². The molecule has 1 aliphatic heterocycles. The lowest BCUT2D eigenvalue weighted by atomic mass is 10.2. The third-order valence-corrected chi connectivity index (χ3v) is 6.00. The van der Waals surface area contributed by atoms with Crippen LogP contribution >= 0.6 is 23.4 Å². The third kappa shape index (κ3) is 4.41. The van der Waals surface area contributed by atoms with Crippen molar-refractivity contribution in [3.63, 3.8) is 0 Å². The molecule has 4 rings (SSSR count). The van der Waals surface area contributed by atoms with Gasteiger partial charge in [-0.1, -0.05) is 35.5 Å². The van der Waals surface area contributed by atoms with Gasteiger partial charge < -0.3 is 9.64 Å². The second-order valence-corrected chi connectivity index (χ2v) is 8.11. The van der Waals surface area contributed by atoms with Crippen LogP contribution in [0.3, 0.4) is 0 Å². The highest BCUT2D eigenvalue weighted by atomic mass is 35.5. The van der Waals surface area contributed by atoms with E-state index in [-0.39, 0.29) is 5.91 Å². The van der Waals surface area contributed by atoms with E-state index < -0.39 is 0 Å². The minimum atomic E-state index is 0.140. The number of likely N-dealkylation sites (tertiary alicyclic amines) is 1.